The van der Waals surface area contributed by atoms with Crippen LogP contribution in [0.25, 0.3) is 6.08 Å². The summed E-state index contributed by atoms with van der Waals surface area (Å²) in [7, 11) is 0. The molecule has 1 amide bonds. The summed E-state index contributed by atoms with van der Waals surface area (Å²) in [6, 6.07) is 20.0. The normalized spacial score (nSPS) is 10.8. The van der Waals surface area contributed by atoms with Crippen LogP contribution < -0.4 is 14.8 Å². The van der Waals surface area contributed by atoms with Gasteiger partial charge in [0.2, 0.25) is 0 Å². The molecule has 0 saturated carbocycles. The van der Waals surface area contributed by atoms with E-state index in [1.54, 1.807) is 54.6 Å². The number of carbonyl (C=O) groups is 1. The van der Waals surface area contributed by atoms with E-state index in [2.05, 4.69) is 21.2 Å². The number of benzene rings is 3. The number of nitrogens with one attached hydrogen (secondary N) is 1. The van der Waals surface area contributed by atoms with Gasteiger partial charge in [0.05, 0.1) is 11.5 Å². The van der Waals surface area contributed by atoms with Crippen LogP contribution in [0.2, 0.25) is 0 Å². The molecule has 172 valence electrons. The van der Waals surface area contributed by atoms with Gasteiger partial charge in [0.15, 0.2) is 0 Å². The predicted molar refractivity (Wildman–Crippen MR) is 131 cm³/mol. The highest BCUT2D eigenvalue weighted by molar-refractivity contribution is 9.10. The molecule has 0 aliphatic carbocycles. The molecule has 3 aromatic carbocycles. The van der Waals surface area contributed by atoms with E-state index in [0.29, 0.717) is 29.4 Å². The van der Waals surface area contributed by atoms with Crippen molar-refractivity contribution in [2.45, 2.75) is 13.5 Å². The molecule has 0 fully saturated rings. The molecule has 0 bridgehead atoms. The highest BCUT2D eigenvalue weighted by Gasteiger charge is 2.13. The minimum Gasteiger partial charge on any atom is -0.494 e. The zero-order chi connectivity index (χ0) is 24.5. The summed E-state index contributed by atoms with van der Waals surface area (Å²) in [6.45, 7) is 2.57. The van der Waals surface area contributed by atoms with E-state index in [4.69, 9.17) is 9.47 Å². The van der Waals surface area contributed by atoms with Crippen LogP contribution in [0, 0.1) is 21.4 Å². The summed E-state index contributed by atoms with van der Waals surface area (Å²) >= 11 is 3.39. The van der Waals surface area contributed by atoms with Crippen molar-refractivity contribution in [2.24, 2.45) is 0 Å². The molecule has 34 heavy (non-hydrogen) atoms. The van der Waals surface area contributed by atoms with Crippen molar-refractivity contribution >= 4 is 39.3 Å². The largest absolute Gasteiger partial charge is 0.494 e. The number of nitro groups is 1. The number of ether oxygens (including phenoxy) is 2. The van der Waals surface area contributed by atoms with Crippen molar-refractivity contribution in [1.29, 1.82) is 5.26 Å². The van der Waals surface area contributed by atoms with E-state index >= 15 is 0 Å². The summed E-state index contributed by atoms with van der Waals surface area (Å²) in [5, 5.41) is 23.1. The Morgan fingerprint density at radius 3 is 2.44 bits per heavy atom. The lowest BCUT2D eigenvalue weighted by Crippen LogP contribution is -2.13. The Morgan fingerprint density at radius 1 is 1.12 bits per heavy atom. The maximum atomic E-state index is 12.7. The first-order valence-corrected chi connectivity index (χ1v) is 11.0. The van der Waals surface area contributed by atoms with Crippen LogP contribution in [-0.2, 0) is 11.4 Å². The van der Waals surface area contributed by atoms with Crippen LogP contribution in [0.5, 0.6) is 11.5 Å². The van der Waals surface area contributed by atoms with Crippen LogP contribution in [0.1, 0.15) is 18.1 Å². The third-order valence-electron chi connectivity index (χ3n) is 4.60. The van der Waals surface area contributed by atoms with Gasteiger partial charge in [-0.2, -0.15) is 5.26 Å². The van der Waals surface area contributed by atoms with Crippen LogP contribution in [0.15, 0.2) is 76.8 Å². The number of non-ortho nitro benzene ring substituents is 1. The first kappa shape index (κ1) is 24.5. The second-order valence-corrected chi connectivity index (χ2v) is 7.89. The maximum absolute atomic E-state index is 12.7. The molecule has 0 spiro atoms. The average Bonchev–Trinajstić information content (AvgIpc) is 2.83. The smallest absolute Gasteiger partial charge is 0.269 e. The molecule has 0 aliphatic rings. The van der Waals surface area contributed by atoms with Gasteiger partial charge in [0.1, 0.15) is 29.7 Å². The van der Waals surface area contributed by atoms with Gasteiger partial charge in [-0.05, 0) is 73.2 Å². The highest BCUT2D eigenvalue weighted by atomic mass is 79.9. The molecule has 3 rings (SSSR count). The Hall–Kier alpha value is -4.16. The number of anilines is 1. The molecule has 0 saturated heterocycles. The minimum atomic E-state index is -0.562. The molecule has 3 aromatic rings. The Labute approximate surface area is 204 Å². The molecule has 0 radical (unpaired) electrons. The quantitative estimate of drug-likeness (QED) is 0.162. The van der Waals surface area contributed by atoms with E-state index in [1.807, 2.05) is 13.0 Å². The van der Waals surface area contributed by atoms with E-state index in [9.17, 15) is 20.2 Å². The topological polar surface area (TPSA) is 114 Å². The summed E-state index contributed by atoms with van der Waals surface area (Å²) < 4.78 is 12.0. The lowest BCUT2D eigenvalue weighted by molar-refractivity contribution is -0.384. The number of nitrogens with zero attached hydrogens (tertiary/aromatic N) is 2. The third kappa shape index (κ3) is 6.67. The van der Waals surface area contributed by atoms with Crippen molar-refractivity contribution in [3.63, 3.8) is 0 Å². The molecule has 0 heterocycles. The lowest BCUT2D eigenvalue weighted by atomic mass is 10.1. The molecule has 1 N–H and O–H groups in total. The summed E-state index contributed by atoms with van der Waals surface area (Å²) in [4.78, 5) is 23.0. The van der Waals surface area contributed by atoms with Gasteiger partial charge in [0, 0.05) is 27.9 Å². The number of hydrogen-bond donors (Lipinski definition) is 1. The average molecular weight is 522 g/mol. The fourth-order valence-corrected chi connectivity index (χ4v) is 3.32. The zero-order valence-corrected chi connectivity index (χ0v) is 19.7. The van der Waals surface area contributed by atoms with Gasteiger partial charge in [-0.25, -0.2) is 0 Å². The fraction of sp³-hybridized carbons (Fsp3) is 0.120. The standard InChI is InChI=1S/C25H20BrN3O5/c1-2-33-23-10-6-21(7-11-23)28-25(30)19(15-27)13-18-14-20(26)5-12-24(18)34-16-17-3-8-22(9-4-17)29(31)32/h3-14H,2,16H2,1H3,(H,28,30)/b19-13+. The summed E-state index contributed by atoms with van der Waals surface area (Å²) in [5.41, 5.74) is 1.67. The molecule has 0 aliphatic heterocycles. The summed E-state index contributed by atoms with van der Waals surface area (Å²) in [5.74, 6) is 0.566. The SMILES string of the molecule is CCOc1ccc(NC(=O)/C(C#N)=C/c2cc(Br)ccc2OCc2ccc([N+](=O)[O-])cc2)cc1. The van der Waals surface area contributed by atoms with Gasteiger partial charge in [0.25, 0.3) is 11.6 Å². The molecular formula is C25H20BrN3O5. The number of amides is 1. The number of carbonyl (C=O) groups excluding carboxylic acids is 1. The fourth-order valence-electron chi connectivity index (χ4n) is 2.94. The third-order valence-corrected chi connectivity index (χ3v) is 5.09. The molecule has 0 aromatic heterocycles. The highest BCUT2D eigenvalue weighted by Crippen LogP contribution is 2.27. The zero-order valence-electron chi connectivity index (χ0n) is 18.2. The maximum Gasteiger partial charge on any atom is 0.269 e. The van der Waals surface area contributed by atoms with Gasteiger partial charge in [-0.1, -0.05) is 15.9 Å². The second-order valence-electron chi connectivity index (χ2n) is 6.98. The van der Waals surface area contributed by atoms with E-state index < -0.39 is 10.8 Å². The molecule has 8 nitrogen and oxygen atoms in total. The number of nitro benzene ring substituents is 1. The molecule has 0 unspecified atom stereocenters. The minimum absolute atomic E-state index is 0.00628. The molecule has 9 heteroatoms. The van der Waals surface area contributed by atoms with Crippen molar-refractivity contribution in [3.05, 3.63) is 98.0 Å². The number of halogens is 1. The number of nitriles is 1. The number of hydrogen-bond acceptors (Lipinski definition) is 6. The van der Waals surface area contributed by atoms with Gasteiger partial charge in [-0.3, -0.25) is 14.9 Å². The number of rotatable bonds is 9. The Morgan fingerprint density at radius 2 is 1.82 bits per heavy atom. The Bertz CT molecular complexity index is 1250. The van der Waals surface area contributed by atoms with E-state index in [-0.39, 0.29) is 17.9 Å². The molecule has 0 atom stereocenters. The van der Waals surface area contributed by atoms with Crippen LogP contribution in [-0.4, -0.2) is 17.4 Å². The van der Waals surface area contributed by atoms with Crippen molar-refractivity contribution in [3.8, 4) is 17.6 Å². The van der Waals surface area contributed by atoms with E-state index in [1.165, 1.54) is 18.2 Å². The first-order valence-electron chi connectivity index (χ1n) is 10.2. The second kappa shape index (κ2) is 11.6. The monoisotopic (exact) mass is 521 g/mol. The van der Waals surface area contributed by atoms with Crippen LogP contribution in [0.4, 0.5) is 11.4 Å². The van der Waals surface area contributed by atoms with Crippen LogP contribution >= 0.6 is 15.9 Å². The van der Waals surface area contributed by atoms with Crippen molar-refractivity contribution in [1.82, 2.24) is 0 Å². The van der Waals surface area contributed by atoms with E-state index in [0.717, 1.165) is 10.0 Å². The Kier molecular flexibility index (Phi) is 8.37. The van der Waals surface area contributed by atoms with Gasteiger partial charge < -0.3 is 14.8 Å². The predicted octanol–water partition coefficient (Wildman–Crippen LogP) is 5.88. The molecular weight excluding hydrogens is 502 g/mol. The first-order chi connectivity index (χ1) is 16.4. The van der Waals surface area contributed by atoms with Crippen LogP contribution in [0.3, 0.4) is 0 Å². The van der Waals surface area contributed by atoms with Gasteiger partial charge in [-0.15, -0.1) is 0 Å². The van der Waals surface area contributed by atoms with Gasteiger partial charge >= 0.3 is 0 Å². The van der Waals surface area contributed by atoms with Crippen molar-refractivity contribution in [2.75, 3.05) is 11.9 Å². The lowest BCUT2D eigenvalue weighted by Gasteiger charge is -2.11. The Balaban J connectivity index is 1.76. The summed E-state index contributed by atoms with van der Waals surface area (Å²) in [6.07, 6.45) is 1.44. The van der Waals surface area contributed by atoms with Crippen molar-refractivity contribution < 1.29 is 19.2 Å².